The molecule has 0 fully saturated rings. The van der Waals surface area contributed by atoms with Gasteiger partial charge in [0.2, 0.25) is 0 Å². The number of hydrogen-bond acceptors (Lipinski definition) is 3. The number of fused-ring (bicyclic) bond motifs is 1. The lowest BCUT2D eigenvalue weighted by Crippen LogP contribution is -2.59. The SMILES string of the molecule is CC1(C)C=CC2=NNC(O)(C(F)(F)F)C2C1. The summed E-state index contributed by atoms with van der Waals surface area (Å²) < 4.78 is 38.3. The Morgan fingerprint density at radius 3 is 2.69 bits per heavy atom. The van der Waals surface area contributed by atoms with Crippen LogP contribution in [0.1, 0.15) is 20.3 Å². The van der Waals surface area contributed by atoms with E-state index in [-0.39, 0.29) is 17.5 Å². The molecule has 1 heterocycles. The van der Waals surface area contributed by atoms with Gasteiger partial charge in [-0.2, -0.15) is 18.3 Å². The van der Waals surface area contributed by atoms with Crippen LogP contribution in [0.3, 0.4) is 0 Å². The van der Waals surface area contributed by atoms with Crippen molar-refractivity contribution in [3.05, 3.63) is 12.2 Å². The van der Waals surface area contributed by atoms with E-state index in [0.717, 1.165) is 0 Å². The molecule has 2 unspecified atom stereocenters. The van der Waals surface area contributed by atoms with Crippen molar-refractivity contribution in [3.8, 4) is 0 Å². The Labute approximate surface area is 91.0 Å². The van der Waals surface area contributed by atoms with Crippen molar-refractivity contribution in [2.75, 3.05) is 0 Å². The zero-order valence-electron chi connectivity index (χ0n) is 8.97. The molecule has 3 nitrogen and oxygen atoms in total. The predicted molar refractivity (Wildman–Crippen MR) is 52.6 cm³/mol. The van der Waals surface area contributed by atoms with E-state index < -0.39 is 17.8 Å². The molecule has 1 aliphatic heterocycles. The van der Waals surface area contributed by atoms with E-state index in [1.165, 1.54) is 0 Å². The predicted octanol–water partition coefficient (Wildman–Crippen LogP) is 1.80. The zero-order chi connectivity index (χ0) is 12.2. The van der Waals surface area contributed by atoms with Crippen LogP contribution in [0.25, 0.3) is 0 Å². The molecule has 0 aromatic heterocycles. The monoisotopic (exact) mass is 234 g/mol. The van der Waals surface area contributed by atoms with Crippen molar-refractivity contribution in [2.24, 2.45) is 16.4 Å². The van der Waals surface area contributed by atoms with Gasteiger partial charge in [0.05, 0.1) is 11.6 Å². The molecule has 0 aromatic rings. The summed E-state index contributed by atoms with van der Waals surface area (Å²) in [6, 6.07) is 0. The minimum atomic E-state index is -4.73. The summed E-state index contributed by atoms with van der Waals surface area (Å²) >= 11 is 0. The molecule has 0 spiro atoms. The van der Waals surface area contributed by atoms with Crippen molar-refractivity contribution in [3.63, 3.8) is 0 Å². The lowest BCUT2D eigenvalue weighted by molar-refractivity contribution is -0.282. The van der Waals surface area contributed by atoms with Gasteiger partial charge < -0.3 is 5.11 Å². The first-order valence-electron chi connectivity index (χ1n) is 4.99. The Hall–Kier alpha value is -1.04. The third-order valence-electron chi connectivity index (χ3n) is 3.08. The fourth-order valence-electron chi connectivity index (χ4n) is 2.09. The number of halogens is 3. The molecular formula is C10H13F3N2O. The average Bonchev–Trinajstić information content (AvgIpc) is 2.43. The Bertz CT molecular complexity index is 373. The standard InChI is InChI=1S/C10H13F3N2O/c1-8(2)4-3-7-6(5-8)9(16,15-14-7)10(11,12)13/h3-4,6,15-16H,5H2,1-2H3. The van der Waals surface area contributed by atoms with Crippen LogP contribution in [0.15, 0.2) is 17.3 Å². The van der Waals surface area contributed by atoms with Gasteiger partial charge in [-0.3, -0.25) is 5.43 Å². The van der Waals surface area contributed by atoms with E-state index in [1.54, 1.807) is 6.08 Å². The Kier molecular flexibility index (Phi) is 2.15. The van der Waals surface area contributed by atoms with E-state index >= 15 is 0 Å². The smallest absolute Gasteiger partial charge is 0.362 e. The second kappa shape index (κ2) is 3.00. The number of hydrogen-bond donors (Lipinski definition) is 2. The molecule has 0 radical (unpaired) electrons. The lowest BCUT2D eigenvalue weighted by Gasteiger charge is -2.37. The number of hydrazone groups is 1. The topological polar surface area (TPSA) is 44.6 Å². The molecule has 0 saturated heterocycles. The first-order valence-corrected chi connectivity index (χ1v) is 4.99. The number of aliphatic hydroxyl groups is 1. The summed E-state index contributed by atoms with van der Waals surface area (Å²) in [6.07, 6.45) is -1.16. The largest absolute Gasteiger partial charge is 0.438 e. The lowest BCUT2D eigenvalue weighted by atomic mass is 9.72. The number of nitrogens with one attached hydrogen (secondary N) is 1. The first kappa shape index (κ1) is 11.4. The molecular weight excluding hydrogens is 221 g/mol. The van der Waals surface area contributed by atoms with Crippen LogP contribution in [0.2, 0.25) is 0 Å². The first-order chi connectivity index (χ1) is 7.16. The number of allylic oxidation sites excluding steroid dienone is 2. The fraction of sp³-hybridized carbons (Fsp3) is 0.700. The van der Waals surface area contributed by atoms with Gasteiger partial charge in [-0.05, 0) is 17.9 Å². The van der Waals surface area contributed by atoms with E-state index in [0.29, 0.717) is 0 Å². The quantitative estimate of drug-likeness (QED) is 0.671. The van der Waals surface area contributed by atoms with Gasteiger partial charge in [0.15, 0.2) is 0 Å². The van der Waals surface area contributed by atoms with E-state index in [4.69, 9.17) is 0 Å². The zero-order valence-corrected chi connectivity index (χ0v) is 8.97. The highest BCUT2D eigenvalue weighted by atomic mass is 19.4. The molecule has 0 aromatic carbocycles. The summed E-state index contributed by atoms with van der Waals surface area (Å²) in [5, 5.41) is 13.2. The molecule has 0 saturated carbocycles. The van der Waals surface area contributed by atoms with Crippen LogP contribution < -0.4 is 5.43 Å². The molecule has 90 valence electrons. The minimum Gasteiger partial charge on any atom is -0.362 e. The highest BCUT2D eigenvalue weighted by Crippen LogP contribution is 2.45. The summed E-state index contributed by atoms with van der Waals surface area (Å²) in [5.74, 6) is -1.03. The van der Waals surface area contributed by atoms with E-state index in [9.17, 15) is 18.3 Å². The minimum absolute atomic E-state index is 0.214. The summed E-state index contributed by atoms with van der Waals surface area (Å²) in [5.41, 5.74) is -1.21. The van der Waals surface area contributed by atoms with Gasteiger partial charge in [0.1, 0.15) is 0 Å². The molecule has 16 heavy (non-hydrogen) atoms. The highest BCUT2D eigenvalue weighted by Gasteiger charge is 2.63. The van der Waals surface area contributed by atoms with Crippen molar-refractivity contribution in [1.29, 1.82) is 0 Å². The number of rotatable bonds is 0. The molecule has 0 amide bonds. The molecule has 2 N–H and O–H groups in total. The van der Waals surface area contributed by atoms with Gasteiger partial charge in [-0.1, -0.05) is 19.9 Å². The summed E-state index contributed by atoms with van der Waals surface area (Å²) in [7, 11) is 0. The Balaban J connectivity index is 2.36. The third kappa shape index (κ3) is 1.52. The normalized spacial score (nSPS) is 36.6. The molecule has 2 atom stereocenters. The Morgan fingerprint density at radius 2 is 2.12 bits per heavy atom. The van der Waals surface area contributed by atoms with Crippen LogP contribution in [0, 0.1) is 11.3 Å². The molecule has 2 aliphatic rings. The second-order valence-corrected chi connectivity index (χ2v) is 4.99. The van der Waals surface area contributed by atoms with Crippen molar-refractivity contribution >= 4 is 5.71 Å². The van der Waals surface area contributed by atoms with E-state index in [2.05, 4.69) is 5.10 Å². The molecule has 6 heteroatoms. The fourth-order valence-corrected chi connectivity index (χ4v) is 2.09. The maximum absolute atomic E-state index is 12.8. The van der Waals surface area contributed by atoms with Crippen LogP contribution in [-0.4, -0.2) is 22.7 Å². The molecule has 0 bridgehead atoms. The highest BCUT2D eigenvalue weighted by molar-refractivity contribution is 5.99. The average molecular weight is 234 g/mol. The number of alkyl halides is 3. The van der Waals surface area contributed by atoms with Crippen LogP contribution in [-0.2, 0) is 0 Å². The van der Waals surface area contributed by atoms with Gasteiger partial charge in [-0.25, -0.2) is 0 Å². The maximum Gasteiger partial charge on any atom is 0.438 e. The maximum atomic E-state index is 12.8. The van der Waals surface area contributed by atoms with Crippen LogP contribution in [0.4, 0.5) is 13.2 Å². The molecule has 1 aliphatic carbocycles. The van der Waals surface area contributed by atoms with Crippen molar-refractivity contribution in [2.45, 2.75) is 32.2 Å². The third-order valence-corrected chi connectivity index (χ3v) is 3.08. The van der Waals surface area contributed by atoms with Gasteiger partial charge >= 0.3 is 6.18 Å². The number of nitrogens with zero attached hydrogens (tertiary/aromatic N) is 1. The van der Waals surface area contributed by atoms with Gasteiger partial charge in [-0.15, -0.1) is 0 Å². The summed E-state index contributed by atoms with van der Waals surface area (Å²) in [4.78, 5) is 0. The van der Waals surface area contributed by atoms with Gasteiger partial charge in [0.25, 0.3) is 5.72 Å². The van der Waals surface area contributed by atoms with Crippen molar-refractivity contribution in [1.82, 2.24) is 5.43 Å². The van der Waals surface area contributed by atoms with Crippen LogP contribution >= 0.6 is 0 Å². The Morgan fingerprint density at radius 1 is 1.50 bits per heavy atom. The molecule has 2 rings (SSSR count). The second-order valence-electron chi connectivity index (χ2n) is 4.99. The summed E-state index contributed by atoms with van der Waals surface area (Å²) in [6.45, 7) is 3.66. The van der Waals surface area contributed by atoms with Crippen molar-refractivity contribution < 1.29 is 18.3 Å². The van der Waals surface area contributed by atoms with Gasteiger partial charge in [0, 0.05) is 0 Å². The van der Waals surface area contributed by atoms with Crippen LogP contribution in [0.5, 0.6) is 0 Å². The van der Waals surface area contributed by atoms with E-state index in [1.807, 2.05) is 25.3 Å².